The van der Waals surface area contributed by atoms with Gasteiger partial charge in [-0.2, -0.15) is 0 Å². The van der Waals surface area contributed by atoms with Crippen molar-refractivity contribution in [3.05, 3.63) is 0 Å². The number of alkyl halides is 1. The predicted molar refractivity (Wildman–Crippen MR) is 39.9 cm³/mol. The lowest BCUT2D eigenvalue weighted by atomic mass is 10.3. The molecule has 9 heavy (non-hydrogen) atoms. The lowest BCUT2D eigenvalue weighted by Gasteiger charge is -2.11. The second kappa shape index (κ2) is 5.03. The van der Waals surface area contributed by atoms with Crippen LogP contribution in [0.5, 0.6) is 0 Å². The molecule has 0 bridgehead atoms. The van der Waals surface area contributed by atoms with Crippen molar-refractivity contribution < 1.29 is 5.11 Å². The Labute approximate surface area is 61.4 Å². The lowest BCUT2D eigenvalue weighted by molar-refractivity contribution is 0.173. The molecule has 0 aromatic heterocycles. The molecule has 0 aromatic carbocycles. The number of nitrogens with zero attached hydrogens (tertiary/aromatic N) is 1. The van der Waals surface area contributed by atoms with Gasteiger partial charge in [-0.25, -0.2) is 0 Å². The third-order valence-electron chi connectivity index (χ3n) is 1.09. The highest BCUT2D eigenvalue weighted by atomic mass is 35.5. The molecule has 0 radical (unpaired) electrons. The summed E-state index contributed by atoms with van der Waals surface area (Å²) in [6, 6.07) is 0. The van der Waals surface area contributed by atoms with Crippen molar-refractivity contribution >= 4 is 11.6 Å². The average Bonchev–Trinajstić information content (AvgIpc) is 1.83. The standard InChI is InChI=1S/C6H14ClNO/c1-8(2)4-3-6(9)5-7/h6,9H,3-5H2,1-2H3. The van der Waals surface area contributed by atoms with Gasteiger partial charge in [0, 0.05) is 12.4 Å². The molecular weight excluding hydrogens is 138 g/mol. The van der Waals surface area contributed by atoms with E-state index in [0.717, 1.165) is 13.0 Å². The van der Waals surface area contributed by atoms with Gasteiger partial charge in [0.15, 0.2) is 0 Å². The SMILES string of the molecule is CN(C)CCC(O)CCl. The van der Waals surface area contributed by atoms with E-state index >= 15 is 0 Å². The van der Waals surface area contributed by atoms with Crippen molar-refractivity contribution in [1.82, 2.24) is 4.90 Å². The maximum Gasteiger partial charge on any atom is 0.0687 e. The minimum atomic E-state index is -0.339. The summed E-state index contributed by atoms with van der Waals surface area (Å²) in [5, 5.41) is 8.95. The fraction of sp³-hybridized carbons (Fsp3) is 1.00. The summed E-state index contributed by atoms with van der Waals surface area (Å²) < 4.78 is 0. The first-order chi connectivity index (χ1) is 4.16. The number of halogens is 1. The summed E-state index contributed by atoms with van der Waals surface area (Å²) >= 11 is 5.37. The van der Waals surface area contributed by atoms with Gasteiger partial charge in [-0.15, -0.1) is 11.6 Å². The van der Waals surface area contributed by atoms with Crippen molar-refractivity contribution in [3.63, 3.8) is 0 Å². The Bertz CT molecular complexity index is 68.1. The predicted octanol–water partition coefficient (Wildman–Crippen LogP) is 0.538. The number of aliphatic hydroxyl groups excluding tert-OH is 1. The number of rotatable bonds is 4. The molecular formula is C6H14ClNO. The summed E-state index contributed by atoms with van der Waals surface area (Å²) in [5.41, 5.74) is 0. The zero-order valence-electron chi connectivity index (χ0n) is 5.97. The Morgan fingerprint density at radius 2 is 2.11 bits per heavy atom. The molecule has 0 heterocycles. The van der Waals surface area contributed by atoms with E-state index in [1.165, 1.54) is 0 Å². The van der Waals surface area contributed by atoms with E-state index in [-0.39, 0.29) is 6.10 Å². The van der Waals surface area contributed by atoms with Crippen molar-refractivity contribution in [1.29, 1.82) is 0 Å². The minimum absolute atomic E-state index is 0.339. The summed E-state index contributed by atoms with van der Waals surface area (Å²) in [6.45, 7) is 0.897. The highest BCUT2D eigenvalue weighted by Crippen LogP contribution is 1.94. The van der Waals surface area contributed by atoms with Crippen molar-refractivity contribution in [2.45, 2.75) is 12.5 Å². The van der Waals surface area contributed by atoms with E-state index < -0.39 is 0 Å². The van der Waals surface area contributed by atoms with E-state index in [2.05, 4.69) is 0 Å². The summed E-state index contributed by atoms with van der Waals surface area (Å²) in [6.07, 6.45) is 0.422. The van der Waals surface area contributed by atoms with Gasteiger partial charge in [0.2, 0.25) is 0 Å². The van der Waals surface area contributed by atoms with Crippen molar-refractivity contribution in [3.8, 4) is 0 Å². The monoisotopic (exact) mass is 151 g/mol. The molecule has 0 amide bonds. The van der Waals surface area contributed by atoms with Crippen LogP contribution in [0.3, 0.4) is 0 Å². The van der Waals surface area contributed by atoms with Gasteiger partial charge >= 0.3 is 0 Å². The van der Waals surface area contributed by atoms with Gasteiger partial charge in [-0.3, -0.25) is 0 Å². The van der Waals surface area contributed by atoms with E-state index in [1.54, 1.807) is 0 Å². The van der Waals surface area contributed by atoms with Crippen molar-refractivity contribution in [2.75, 3.05) is 26.5 Å². The van der Waals surface area contributed by atoms with Gasteiger partial charge in [0.1, 0.15) is 0 Å². The van der Waals surface area contributed by atoms with Crippen molar-refractivity contribution in [2.24, 2.45) is 0 Å². The maximum absolute atomic E-state index is 8.95. The molecule has 0 aliphatic rings. The molecule has 0 saturated carbocycles. The molecule has 0 spiro atoms. The molecule has 0 rings (SSSR count). The minimum Gasteiger partial charge on any atom is -0.392 e. The fourth-order valence-electron chi connectivity index (χ4n) is 0.484. The Hall–Kier alpha value is 0.210. The number of aliphatic hydroxyl groups is 1. The first-order valence-electron chi connectivity index (χ1n) is 3.05. The smallest absolute Gasteiger partial charge is 0.0687 e. The van der Waals surface area contributed by atoms with E-state index in [1.807, 2.05) is 19.0 Å². The van der Waals surface area contributed by atoms with Crippen LogP contribution in [0, 0.1) is 0 Å². The normalized spacial score (nSPS) is 14.3. The molecule has 0 aliphatic heterocycles. The first-order valence-corrected chi connectivity index (χ1v) is 3.59. The molecule has 0 saturated heterocycles. The molecule has 0 aliphatic carbocycles. The average molecular weight is 152 g/mol. The van der Waals surface area contributed by atoms with Gasteiger partial charge in [-0.05, 0) is 20.5 Å². The second-order valence-corrected chi connectivity index (χ2v) is 2.71. The van der Waals surface area contributed by atoms with Gasteiger partial charge < -0.3 is 10.0 Å². The van der Waals surface area contributed by atoms with E-state index in [4.69, 9.17) is 16.7 Å². The zero-order valence-corrected chi connectivity index (χ0v) is 6.73. The maximum atomic E-state index is 8.95. The van der Waals surface area contributed by atoms with Crippen LogP contribution in [-0.4, -0.2) is 42.6 Å². The van der Waals surface area contributed by atoms with Crippen LogP contribution in [0.1, 0.15) is 6.42 Å². The Morgan fingerprint density at radius 1 is 1.56 bits per heavy atom. The molecule has 1 unspecified atom stereocenters. The van der Waals surface area contributed by atoms with Gasteiger partial charge in [0.05, 0.1) is 6.10 Å². The number of hydrogen-bond acceptors (Lipinski definition) is 2. The van der Waals surface area contributed by atoms with Gasteiger partial charge in [-0.1, -0.05) is 0 Å². The first kappa shape index (κ1) is 9.21. The topological polar surface area (TPSA) is 23.5 Å². The van der Waals surface area contributed by atoms with Gasteiger partial charge in [0.25, 0.3) is 0 Å². The zero-order chi connectivity index (χ0) is 7.28. The molecule has 0 fully saturated rings. The van der Waals surface area contributed by atoms with E-state index in [0.29, 0.717) is 5.88 Å². The molecule has 56 valence electrons. The van der Waals surface area contributed by atoms with Crippen LogP contribution in [0.2, 0.25) is 0 Å². The van der Waals surface area contributed by atoms with Crippen LogP contribution in [0.25, 0.3) is 0 Å². The second-order valence-electron chi connectivity index (χ2n) is 2.40. The Kier molecular flexibility index (Phi) is 5.15. The summed E-state index contributed by atoms with van der Waals surface area (Å²) in [7, 11) is 3.95. The molecule has 3 heteroatoms. The van der Waals surface area contributed by atoms with Crippen LogP contribution >= 0.6 is 11.6 Å². The van der Waals surface area contributed by atoms with Crippen LogP contribution in [-0.2, 0) is 0 Å². The highest BCUT2D eigenvalue weighted by Gasteiger charge is 2.00. The summed E-state index contributed by atoms with van der Waals surface area (Å²) in [5.74, 6) is 0.341. The van der Waals surface area contributed by atoms with E-state index in [9.17, 15) is 0 Å². The highest BCUT2D eigenvalue weighted by molar-refractivity contribution is 6.18. The summed E-state index contributed by atoms with van der Waals surface area (Å²) in [4.78, 5) is 2.02. The molecule has 1 N–H and O–H groups in total. The Balaban J connectivity index is 3.06. The quantitative estimate of drug-likeness (QED) is 0.593. The van der Waals surface area contributed by atoms with Crippen LogP contribution in [0.4, 0.5) is 0 Å². The third-order valence-corrected chi connectivity index (χ3v) is 1.44. The largest absolute Gasteiger partial charge is 0.392 e. The molecule has 0 aromatic rings. The molecule has 2 nitrogen and oxygen atoms in total. The Morgan fingerprint density at radius 3 is 2.44 bits per heavy atom. The lowest BCUT2D eigenvalue weighted by Crippen LogP contribution is -2.20. The number of hydrogen-bond donors (Lipinski definition) is 1. The fourth-order valence-corrected chi connectivity index (χ4v) is 0.639. The van der Waals surface area contributed by atoms with Crippen LogP contribution in [0.15, 0.2) is 0 Å². The molecule has 1 atom stereocenters. The third kappa shape index (κ3) is 6.09. The van der Waals surface area contributed by atoms with Crippen LogP contribution < -0.4 is 0 Å².